The lowest BCUT2D eigenvalue weighted by atomic mass is 9.63. The van der Waals surface area contributed by atoms with E-state index in [1.807, 2.05) is 26.1 Å². The van der Waals surface area contributed by atoms with Crippen molar-refractivity contribution in [3.63, 3.8) is 0 Å². The number of hydrogen-bond donors (Lipinski definition) is 1. The minimum Gasteiger partial charge on any atom is -0.490 e. The smallest absolute Gasteiger partial charge is 0.341 e. The van der Waals surface area contributed by atoms with Crippen LogP contribution >= 0.6 is 0 Å². The normalized spacial score (nSPS) is 20.7. The highest BCUT2D eigenvalue weighted by Crippen LogP contribution is 2.54. The number of benzene rings is 1. The predicted octanol–water partition coefficient (Wildman–Crippen LogP) is 5.59. The summed E-state index contributed by atoms with van der Waals surface area (Å²) in [5.74, 6) is -0.732. The van der Waals surface area contributed by atoms with Crippen LogP contribution in [0.3, 0.4) is 0 Å². The standard InChI is InChI=1S/C31H39NO6/c1-8-10-18-11-19(12-24(37-9-2)29(18)38-17-25(35)36)26-27-20(13-30(3,4)15-22(27)33)32(7)21-14-31(5,6)16-23(34)28(21)26/h8,11-12,26H,1,9-10,13-17H2,2-7H3,(H,35,36). The number of allylic oxidation sites excluding steroid dienone is 5. The molecule has 1 heterocycles. The molecule has 38 heavy (non-hydrogen) atoms. The van der Waals surface area contributed by atoms with E-state index < -0.39 is 18.5 Å². The van der Waals surface area contributed by atoms with Gasteiger partial charge in [0.05, 0.1) is 6.61 Å². The molecule has 0 spiro atoms. The van der Waals surface area contributed by atoms with Crippen LogP contribution in [-0.4, -0.2) is 47.8 Å². The minimum atomic E-state index is -1.09. The van der Waals surface area contributed by atoms with Crippen molar-refractivity contribution >= 4 is 17.5 Å². The predicted molar refractivity (Wildman–Crippen MR) is 145 cm³/mol. The van der Waals surface area contributed by atoms with E-state index in [1.54, 1.807) is 6.08 Å². The molecule has 1 N–H and O–H groups in total. The maximum Gasteiger partial charge on any atom is 0.341 e. The van der Waals surface area contributed by atoms with Gasteiger partial charge in [-0.05, 0) is 48.6 Å². The highest BCUT2D eigenvalue weighted by Gasteiger charge is 2.48. The zero-order chi connectivity index (χ0) is 28.0. The summed E-state index contributed by atoms with van der Waals surface area (Å²) < 4.78 is 11.6. The van der Waals surface area contributed by atoms with Crippen molar-refractivity contribution < 1.29 is 29.0 Å². The van der Waals surface area contributed by atoms with Gasteiger partial charge in [0.25, 0.3) is 0 Å². The maximum absolute atomic E-state index is 13.8. The van der Waals surface area contributed by atoms with Crippen molar-refractivity contribution in [3.05, 3.63) is 58.5 Å². The van der Waals surface area contributed by atoms with Crippen molar-refractivity contribution in [1.82, 2.24) is 4.90 Å². The summed E-state index contributed by atoms with van der Waals surface area (Å²) in [7, 11) is 1.99. The van der Waals surface area contributed by atoms with Gasteiger partial charge in [-0.3, -0.25) is 9.59 Å². The molecule has 0 aromatic heterocycles. The number of aliphatic carboxylic acids is 1. The number of nitrogens with zero attached hydrogens (tertiary/aromatic N) is 1. The van der Waals surface area contributed by atoms with Gasteiger partial charge in [-0.2, -0.15) is 0 Å². The highest BCUT2D eigenvalue weighted by atomic mass is 16.5. The average molecular weight is 522 g/mol. The number of carboxylic acids is 1. The summed E-state index contributed by atoms with van der Waals surface area (Å²) in [4.78, 5) is 41.0. The molecule has 0 fully saturated rings. The molecule has 0 atom stereocenters. The maximum atomic E-state index is 13.8. The fourth-order valence-electron chi connectivity index (χ4n) is 6.22. The zero-order valence-corrected chi connectivity index (χ0v) is 23.4. The van der Waals surface area contributed by atoms with E-state index in [0.29, 0.717) is 54.1 Å². The molecule has 204 valence electrons. The molecule has 7 heteroatoms. The first-order valence-corrected chi connectivity index (χ1v) is 13.3. The zero-order valence-electron chi connectivity index (χ0n) is 23.4. The molecule has 0 bridgehead atoms. The fraction of sp³-hybridized carbons (Fsp3) is 0.516. The third-order valence-electron chi connectivity index (χ3n) is 7.67. The summed E-state index contributed by atoms with van der Waals surface area (Å²) in [6, 6.07) is 3.74. The van der Waals surface area contributed by atoms with E-state index in [4.69, 9.17) is 9.47 Å². The molecule has 2 aliphatic carbocycles. The average Bonchev–Trinajstić information content (AvgIpc) is 2.78. The first-order valence-electron chi connectivity index (χ1n) is 13.3. The molecule has 1 aromatic carbocycles. The summed E-state index contributed by atoms with van der Waals surface area (Å²) >= 11 is 0. The number of hydrogen-bond acceptors (Lipinski definition) is 6. The van der Waals surface area contributed by atoms with Gasteiger partial charge in [0.1, 0.15) is 0 Å². The van der Waals surface area contributed by atoms with Crippen LogP contribution in [-0.2, 0) is 20.8 Å². The van der Waals surface area contributed by atoms with E-state index in [1.165, 1.54) is 0 Å². The number of ether oxygens (including phenoxy) is 2. The Hall–Kier alpha value is -3.35. The van der Waals surface area contributed by atoms with Gasteiger partial charge in [-0.15, -0.1) is 6.58 Å². The van der Waals surface area contributed by atoms with E-state index in [0.717, 1.165) is 29.8 Å². The van der Waals surface area contributed by atoms with E-state index in [9.17, 15) is 19.5 Å². The lowest BCUT2D eigenvalue weighted by Gasteiger charge is -2.48. The molecular weight excluding hydrogens is 482 g/mol. The lowest BCUT2D eigenvalue weighted by molar-refractivity contribution is -0.139. The number of ketones is 2. The van der Waals surface area contributed by atoms with Crippen molar-refractivity contribution in [2.45, 2.75) is 72.6 Å². The van der Waals surface area contributed by atoms with E-state index in [2.05, 4.69) is 39.2 Å². The van der Waals surface area contributed by atoms with Crippen molar-refractivity contribution in [2.24, 2.45) is 10.8 Å². The third-order valence-corrected chi connectivity index (χ3v) is 7.67. The fourth-order valence-corrected chi connectivity index (χ4v) is 6.22. The van der Waals surface area contributed by atoms with Crippen LogP contribution in [0.5, 0.6) is 11.5 Å². The topological polar surface area (TPSA) is 93.1 Å². The summed E-state index contributed by atoms with van der Waals surface area (Å²) in [6.45, 7) is 14.0. The number of carbonyl (C=O) groups excluding carboxylic acids is 2. The molecule has 0 saturated heterocycles. The largest absolute Gasteiger partial charge is 0.490 e. The van der Waals surface area contributed by atoms with Gasteiger partial charge in [0, 0.05) is 53.9 Å². The van der Waals surface area contributed by atoms with Gasteiger partial charge in [0.2, 0.25) is 0 Å². The van der Waals surface area contributed by atoms with Crippen LogP contribution in [0, 0.1) is 10.8 Å². The second kappa shape index (κ2) is 10.1. The molecule has 1 aromatic rings. The van der Waals surface area contributed by atoms with Gasteiger partial charge in [0.15, 0.2) is 29.7 Å². The van der Waals surface area contributed by atoms with Crippen LogP contribution < -0.4 is 9.47 Å². The Morgan fingerprint density at radius 1 is 1.03 bits per heavy atom. The molecule has 3 aliphatic rings. The Kier molecular flexibility index (Phi) is 7.34. The van der Waals surface area contributed by atoms with Crippen LogP contribution in [0.25, 0.3) is 0 Å². The molecular formula is C31H39NO6. The van der Waals surface area contributed by atoms with E-state index >= 15 is 0 Å². The second-order valence-electron chi connectivity index (χ2n) is 12.2. The van der Waals surface area contributed by atoms with Gasteiger partial charge < -0.3 is 19.5 Å². The van der Waals surface area contributed by atoms with Crippen molar-refractivity contribution in [2.75, 3.05) is 20.3 Å². The lowest BCUT2D eigenvalue weighted by Crippen LogP contribution is -2.43. The number of carbonyl (C=O) groups is 3. The van der Waals surface area contributed by atoms with Crippen molar-refractivity contribution in [3.8, 4) is 11.5 Å². The van der Waals surface area contributed by atoms with Crippen LogP contribution in [0.4, 0.5) is 0 Å². The molecule has 0 unspecified atom stereocenters. The quantitative estimate of drug-likeness (QED) is 0.446. The van der Waals surface area contributed by atoms with Crippen molar-refractivity contribution in [1.29, 1.82) is 0 Å². The first kappa shape index (κ1) is 27.7. The number of rotatable bonds is 8. The summed E-state index contributed by atoms with van der Waals surface area (Å²) in [5.41, 5.74) is 4.46. The summed E-state index contributed by atoms with van der Waals surface area (Å²) in [5, 5.41) is 9.22. The monoisotopic (exact) mass is 521 g/mol. The van der Waals surface area contributed by atoms with Crippen LogP contribution in [0.1, 0.15) is 77.3 Å². The van der Waals surface area contributed by atoms with Gasteiger partial charge in [-0.1, -0.05) is 39.8 Å². The minimum absolute atomic E-state index is 0.0618. The Morgan fingerprint density at radius 3 is 2.05 bits per heavy atom. The molecule has 7 nitrogen and oxygen atoms in total. The summed E-state index contributed by atoms with van der Waals surface area (Å²) in [6.07, 6.45) is 4.44. The molecule has 4 rings (SSSR count). The van der Waals surface area contributed by atoms with E-state index in [-0.39, 0.29) is 22.4 Å². The second-order valence-corrected chi connectivity index (χ2v) is 12.2. The molecule has 0 amide bonds. The molecule has 0 saturated carbocycles. The first-order chi connectivity index (χ1) is 17.8. The van der Waals surface area contributed by atoms with Crippen LogP contribution in [0.2, 0.25) is 0 Å². The molecule has 1 aliphatic heterocycles. The van der Waals surface area contributed by atoms with Gasteiger partial charge in [-0.25, -0.2) is 4.79 Å². The Bertz CT molecular complexity index is 1210. The van der Waals surface area contributed by atoms with Crippen LogP contribution in [0.15, 0.2) is 47.3 Å². The third kappa shape index (κ3) is 5.16. The Labute approximate surface area is 225 Å². The number of Topliss-reactive ketones (excluding diaryl/α,β-unsaturated/α-hetero) is 2. The Balaban J connectivity index is 1.99. The SMILES string of the molecule is C=CCc1cc(C2C3=C(CC(C)(C)CC3=O)N(C)C3=C2C(=O)CC(C)(C)C3)cc(OCC)c1OCC(=O)O. The Morgan fingerprint density at radius 2 is 1.58 bits per heavy atom. The molecule has 0 radical (unpaired) electrons. The highest BCUT2D eigenvalue weighted by molar-refractivity contribution is 6.06. The van der Waals surface area contributed by atoms with Gasteiger partial charge >= 0.3 is 5.97 Å². The number of carboxylic acid groups (broad SMARTS) is 1.